The van der Waals surface area contributed by atoms with Crippen molar-refractivity contribution in [2.24, 2.45) is 0 Å². The second-order valence-electron chi connectivity index (χ2n) is 18.4. The average molecular weight is 1110 g/mol. The second kappa shape index (κ2) is 34.4. The average Bonchev–Trinajstić information content (AvgIpc) is 3.42. The molecule has 6 aromatic rings. The van der Waals surface area contributed by atoms with Crippen molar-refractivity contribution in [3.05, 3.63) is 190 Å². The number of carbonyl (C=O) groups is 3. The van der Waals surface area contributed by atoms with Crippen LogP contribution in [0.2, 0.25) is 5.02 Å². The summed E-state index contributed by atoms with van der Waals surface area (Å²) >= 11 is 5.86. The predicted molar refractivity (Wildman–Crippen MR) is 304 cm³/mol. The van der Waals surface area contributed by atoms with E-state index in [1.807, 2.05) is 111 Å². The Kier molecular flexibility index (Phi) is 28.2. The van der Waals surface area contributed by atoms with Crippen LogP contribution in [-0.2, 0) is 66.0 Å². The van der Waals surface area contributed by atoms with Crippen LogP contribution in [0.15, 0.2) is 166 Å². The minimum Gasteiger partial charge on any atom is -0.497 e. The first-order chi connectivity index (χ1) is 36.6. The lowest BCUT2D eigenvalue weighted by atomic mass is 10.1. The fourth-order valence-electron chi connectivity index (χ4n) is 8.06. The van der Waals surface area contributed by atoms with E-state index in [-0.39, 0.29) is 0 Å². The summed E-state index contributed by atoms with van der Waals surface area (Å²) in [6.45, 7) is 3.90. The van der Waals surface area contributed by atoms with Crippen molar-refractivity contribution in [1.82, 2.24) is 0 Å². The molecule has 6 rings (SSSR count). The number of benzene rings is 6. The molecule has 76 heavy (non-hydrogen) atoms. The van der Waals surface area contributed by atoms with Gasteiger partial charge in [-0.05, 0) is 161 Å². The van der Waals surface area contributed by atoms with Gasteiger partial charge in [0.1, 0.15) is 21.5 Å². The smallest absolute Gasteiger partial charge is 0.319 e. The summed E-state index contributed by atoms with van der Waals surface area (Å²) in [6.07, 6.45) is 12.0. The topological polar surface area (TPSA) is 196 Å². The first-order valence-corrected chi connectivity index (χ1v) is 29.6. The summed E-state index contributed by atoms with van der Waals surface area (Å²) in [6, 6.07) is 48.7. The van der Waals surface area contributed by atoms with Gasteiger partial charge in [0.15, 0.2) is 0 Å². The molecule has 0 bridgehead atoms. The molecular formula is C61H70ClNO10S3. The molecule has 404 valence electrons. The number of carboxylic acids is 3. The molecule has 0 fully saturated rings. The van der Waals surface area contributed by atoms with E-state index in [0.717, 1.165) is 87.5 Å². The molecule has 0 heterocycles. The van der Waals surface area contributed by atoms with Crippen LogP contribution < -0.4 is 4.74 Å². The number of aryl methyl sites for hydroxylation is 5. The lowest BCUT2D eigenvalue weighted by molar-refractivity contribution is -0.137. The summed E-state index contributed by atoms with van der Waals surface area (Å²) in [5, 5.41) is 35.2. The number of halogens is 1. The molecular weight excluding hydrogens is 1040 g/mol. The molecule has 11 nitrogen and oxygen atoms in total. The first-order valence-electron chi connectivity index (χ1n) is 25.5. The zero-order chi connectivity index (χ0) is 55.2. The van der Waals surface area contributed by atoms with Crippen molar-refractivity contribution in [3.63, 3.8) is 0 Å². The van der Waals surface area contributed by atoms with Crippen LogP contribution in [0, 0.1) is 25.2 Å². The number of nitriles is 1. The Bertz CT molecular complexity index is 2800. The molecule has 0 amide bonds. The molecule has 0 saturated heterocycles. The Balaban J connectivity index is 0.000000247. The van der Waals surface area contributed by atoms with Gasteiger partial charge in [0.2, 0.25) is 0 Å². The summed E-state index contributed by atoms with van der Waals surface area (Å²) in [7, 11) is -3.00. The monoisotopic (exact) mass is 1110 g/mol. The Morgan fingerprint density at radius 3 is 1.13 bits per heavy atom. The maximum Gasteiger partial charge on any atom is 0.319 e. The number of nitrogens with zero attached hydrogens (tertiary/aromatic N) is 1. The van der Waals surface area contributed by atoms with Crippen molar-refractivity contribution >= 4 is 61.9 Å². The molecule has 0 saturated carbocycles. The van der Waals surface area contributed by atoms with Gasteiger partial charge < -0.3 is 20.1 Å². The molecule has 0 aliphatic heterocycles. The molecule has 6 aromatic carbocycles. The number of hydrogen-bond acceptors (Lipinski definition) is 8. The third kappa shape index (κ3) is 22.5. The van der Waals surface area contributed by atoms with Gasteiger partial charge in [0.25, 0.3) is 0 Å². The summed E-state index contributed by atoms with van der Waals surface area (Å²) in [5.41, 5.74) is 6.34. The second-order valence-corrected chi connectivity index (χ2v) is 23.7. The SMILES string of the molecule is COc1ccc(CCCCCC(C(=O)O)S(=O)c2ccc(C)cc2)cc1.Cc1ccc(S(=O)C(CCCCCc2ccccc2)C(=O)O)cc1.N#Cc1ccc(S(=O)C(CCCCCc2ccc(Cl)cc2)C(=O)O)cc1. The Hall–Kier alpha value is -6.24. The predicted octanol–water partition coefficient (Wildman–Crippen LogP) is 13.3. The van der Waals surface area contributed by atoms with E-state index in [9.17, 15) is 42.3 Å². The quantitative estimate of drug-likeness (QED) is 0.0395. The molecule has 0 spiro atoms. The normalized spacial score (nSPS) is 13.1. The van der Waals surface area contributed by atoms with Crippen molar-refractivity contribution < 1.29 is 47.1 Å². The zero-order valence-corrected chi connectivity index (χ0v) is 46.7. The van der Waals surface area contributed by atoms with Gasteiger partial charge in [0, 0.05) is 19.7 Å². The molecule has 6 unspecified atom stereocenters. The standard InChI is InChI=1S/C21H26O4S.C20H20ClNO3S.C20H24O3S/c1-16-8-14-19(15-9-16)26(24)20(21(22)23)7-5-3-4-6-17-10-12-18(25-2)13-11-17;21-17-10-6-15(7-11-17)4-2-1-3-5-19(20(23)24)26(25)18-12-8-16(14-22)9-13-18;1-16-12-14-18(15-13-16)24(23)19(20(21)22)11-7-3-6-10-17-8-4-2-5-9-17/h8-15,20H,3-7H2,1-2H3,(H,22,23);6-13,19H,1-5H2,(H,23,24);2,4-5,8-9,12-15,19H,3,6-7,10-11H2,1H3,(H,21,22). The Morgan fingerprint density at radius 2 is 0.803 bits per heavy atom. The highest BCUT2D eigenvalue weighted by Crippen LogP contribution is 2.22. The van der Waals surface area contributed by atoms with Crippen LogP contribution in [-0.4, -0.2) is 68.7 Å². The minimum atomic E-state index is -1.63. The van der Waals surface area contributed by atoms with Crippen LogP contribution in [0.25, 0.3) is 0 Å². The third-order valence-electron chi connectivity index (χ3n) is 12.5. The summed E-state index contributed by atoms with van der Waals surface area (Å²) < 4.78 is 42.8. The highest BCUT2D eigenvalue weighted by Gasteiger charge is 2.27. The van der Waals surface area contributed by atoms with E-state index < -0.39 is 66.1 Å². The number of hydrogen-bond donors (Lipinski definition) is 3. The highest BCUT2D eigenvalue weighted by molar-refractivity contribution is 7.87. The largest absolute Gasteiger partial charge is 0.497 e. The number of aliphatic carboxylic acids is 3. The zero-order valence-electron chi connectivity index (χ0n) is 43.5. The fraction of sp³-hybridized carbons (Fsp3) is 0.344. The van der Waals surface area contributed by atoms with Crippen molar-refractivity contribution in [2.45, 2.75) is 141 Å². The van der Waals surface area contributed by atoms with E-state index in [2.05, 4.69) is 12.1 Å². The third-order valence-corrected chi connectivity index (χ3v) is 17.9. The number of rotatable bonds is 28. The minimum absolute atomic E-state index is 0.364. The van der Waals surface area contributed by atoms with Crippen molar-refractivity contribution in [2.75, 3.05) is 7.11 Å². The van der Waals surface area contributed by atoms with E-state index in [0.29, 0.717) is 51.0 Å². The van der Waals surface area contributed by atoms with Crippen molar-refractivity contribution in [1.29, 1.82) is 5.26 Å². The van der Waals surface area contributed by atoms with Crippen LogP contribution >= 0.6 is 11.6 Å². The number of methoxy groups -OCH3 is 1. The molecule has 0 radical (unpaired) electrons. The van der Waals surface area contributed by atoms with E-state index in [1.165, 1.54) is 16.7 Å². The van der Waals surface area contributed by atoms with Gasteiger partial charge in [-0.1, -0.05) is 140 Å². The molecule has 15 heteroatoms. The lowest BCUT2D eigenvalue weighted by Crippen LogP contribution is -2.25. The van der Waals surface area contributed by atoms with Crippen LogP contribution in [0.3, 0.4) is 0 Å². The van der Waals surface area contributed by atoms with E-state index >= 15 is 0 Å². The van der Waals surface area contributed by atoms with Gasteiger partial charge in [-0.3, -0.25) is 27.0 Å². The van der Waals surface area contributed by atoms with Gasteiger partial charge in [-0.2, -0.15) is 5.26 Å². The molecule has 0 aromatic heterocycles. The van der Waals surface area contributed by atoms with Gasteiger partial charge >= 0.3 is 17.9 Å². The fourth-order valence-corrected chi connectivity index (χ4v) is 12.1. The van der Waals surface area contributed by atoms with Gasteiger partial charge in [-0.15, -0.1) is 0 Å². The maximum absolute atomic E-state index is 12.6. The summed E-state index contributed by atoms with van der Waals surface area (Å²) in [5.74, 6) is -2.17. The molecule has 6 atom stereocenters. The number of carboxylic acid groups (broad SMARTS) is 3. The first kappa shape index (κ1) is 62.3. The molecule has 0 aliphatic rings. The lowest BCUT2D eigenvalue weighted by Gasteiger charge is -2.12. The van der Waals surface area contributed by atoms with Gasteiger partial charge in [-0.25, -0.2) is 0 Å². The van der Waals surface area contributed by atoms with Crippen LogP contribution in [0.4, 0.5) is 0 Å². The van der Waals surface area contributed by atoms with E-state index in [1.54, 1.807) is 55.6 Å². The van der Waals surface area contributed by atoms with Crippen molar-refractivity contribution in [3.8, 4) is 11.8 Å². The molecule has 0 aliphatic carbocycles. The van der Waals surface area contributed by atoms with Crippen LogP contribution in [0.5, 0.6) is 5.75 Å². The maximum atomic E-state index is 12.6. The Labute approximate surface area is 461 Å². The number of ether oxygens (including phenoxy) is 1. The highest BCUT2D eigenvalue weighted by atomic mass is 35.5. The van der Waals surface area contributed by atoms with Crippen LogP contribution in [0.1, 0.15) is 110 Å². The van der Waals surface area contributed by atoms with E-state index in [4.69, 9.17) is 21.6 Å². The number of unbranched alkanes of at least 4 members (excludes halogenated alkanes) is 6. The van der Waals surface area contributed by atoms with Gasteiger partial charge in [0.05, 0.1) is 51.1 Å². The summed E-state index contributed by atoms with van der Waals surface area (Å²) in [4.78, 5) is 36.1. The Morgan fingerprint density at radius 1 is 0.474 bits per heavy atom. The molecule has 3 N–H and O–H groups in total.